The highest BCUT2D eigenvalue weighted by atomic mass is 28.2. The van der Waals surface area contributed by atoms with Crippen LogP contribution < -0.4 is 0 Å². The fourth-order valence-electron chi connectivity index (χ4n) is 1.64. The van der Waals surface area contributed by atoms with Gasteiger partial charge in [-0.3, -0.25) is 0 Å². The van der Waals surface area contributed by atoms with E-state index < -0.39 is 9.76 Å². The molecule has 0 saturated heterocycles. The Balaban J connectivity index is 2.12. The molecule has 0 fully saturated rings. The van der Waals surface area contributed by atoms with Gasteiger partial charge in [0.15, 0.2) is 16.1 Å². The third-order valence-corrected chi connectivity index (χ3v) is 3.54. The highest BCUT2D eigenvalue weighted by Crippen LogP contribution is 2.00. The minimum Gasteiger partial charge on any atom is -0.419 e. The first kappa shape index (κ1) is 16.1. The maximum atomic E-state index is 5.69. The van der Waals surface area contributed by atoms with Gasteiger partial charge in [0.05, 0.1) is 0 Å². The minimum absolute atomic E-state index is 0.222. The third kappa shape index (κ3) is 7.95. The van der Waals surface area contributed by atoms with E-state index in [9.17, 15) is 0 Å². The summed E-state index contributed by atoms with van der Waals surface area (Å²) >= 11 is 0. The van der Waals surface area contributed by atoms with Crippen molar-refractivity contribution in [2.75, 3.05) is 19.8 Å². The van der Waals surface area contributed by atoms with E-state index in [0.29, 0.717) is 13.2 Å². The molecule has 1 aromatic rings. The van der Waals surface area contributed by atoms with Crippen molar-refractivity contribution in [3.05, 3.63) is 47.7 Å². The minimum atomic E-state index is -0.622. The van der Waals surface area contributed by atoms with E-state index in [1.165, 1.54) is 5.56 Å². The lowest BCUT2D eigenvalue weighted by Crippen LogP contribution is -2.14. The van der Waals surface area contributed by atoms with Crippen molar-refractivity contribution >= 4 is 9.76 Å². The van der Waals surface area contributed by atoms with Gasteiger partial charge in [-0.15, -0.1) is 0 Å². The van der Waals surface area contributed by atoms with Crippen LogP contribution in [0.15, 0.2) is 42.1 Å². The maximum absolute atomic E-state index is 5.69. The molecule has 0 aromatic heterocycles. The van der Waals surface area contributed by atoms with Crippen LogP contribution in [0.5, 0.6) is 0 Å². The number of hydrogen-bond acceptors (Lipinski definition) is 3. The molecule has 0 aliphatic rings. The molecule has 0 bridgehead atoms. The van der Waals surface area contributed by atoms with Crippen molar-refractivity contribution in [1.82, 2.24) is 0 Å². The normalized spacial score (nSPS) is 12.2. The molecule has 0 heterocycles. The monoisotopic (exact) mass is 280 g/mol. The Labute approximate surface area is 118 Å². The van der Waals surface area contributed by atoms with Crippen LogP contribution in [0.4, 0.5) is 0 Å². The standard InChI is InChI=1S/C15H24O3Si/c1-3-16-15(17-4-2)11-13-19-18-12-10-14-8-6-5-7-9-14/h5-9,11,13,15H,3-4,10,12,19H2,1-2H3. The van der Waals surface area contributed by atoms with Crippen LogP contribution in [-0.2, 0) is 20.3 Å². The van der Waals surface area contributed by atoms with E-state index in [0.717, 1.165) is 13.0 Å². The summed E-state index contributed by atoms with van der Waals surface area (Å²) in [6, 6.07) is 10.4. The second-order valence-electron chi connectivity index (χ2n) is 4.02. The molecule has 3 nitrogen and oxygen atoms in total. The molecule has 0 saturated carbocycles. The second-order valence-corrected chi connectivity index (χ2v) is 5.23. The Bertz CT molecular complexity index is 335. The Hall–Kier alpha value is -0.943. The average Bonchev–Trinajstić information content (AvgIpc) is 2.44. The average molecular weight is 280 g/mol. The summed E-state index contributed by atoms with van der Waals surface area (Å²) in [7, 11) is -0.622. The zero-order valence-electron chi connectivity index (χ0n) is 11.9. The zero-order valence-corrected chi connectivity index (χ0v) is 13.3. The van der Waals surface area contributed by atoms with Crippen LogP contribution in [0.3, 0.4) is 0 Å². The van der Waals surface area contributed by atoms with Crippen molar-refractivity contribution in [3.8, 4) is 0 Å². The van der Waals surface area contributed by atoms with Gasteiger partial charge in [-0.2, -0.15) is 0 Å². The maximum Gasteiger partial charge on any atom is 0.184 e. The predicted octanol–water partition coefficient (Wildman–Crippen LogP) is 2.24. The van der Waals surface area contributed by atoms with Crippen molar-refractivity contribution in [3.63, 3.8) is 0 Å². The SMILES string of the molecule is CCOC(C=C[SiH2]OCCc1ccccc1)OCC. The summed E-state index contributed by atoms with van der Waals surface area (Å²) < 4.78 is 16.5. The molecular formula is C15H24O3Si. The Morgan fingerprint density at radius 2 is 1.79 bits per heavy atom. The van der Waals surface area contributed by atoms with E-state index in [-0.39, 0.29) is 6.29 Å². The topological polar surface area (TPSA) is 27.7 Å². The lowest BCUT2D eigenvalue weighted by atomic mass is 10.2. The third-order valence-electron chi connectivity index (χ3n) is 2.55. The quantitative estimate of drug-likeness (QED) is 0.374. The van der Waals surface area contributed by atoms with Gasteiger partial charge in [0.2, 0.25) is 0 Å². The first-order chi connectivity index (χ1) is 9.36. The van der Waals surface area contributed by atoms with E-state index in [1.807, 2.05) is 26.0 Å². The first-order valence-corrected chi connectivity index (χ1v) is 8.27. The Morgan fingerprint density at radius 1 is 1.11 bits per heavy atom. The van der Waals surface area contributed by atoms with Gasteiger partial charge >= 0.3 is 0 Å². The molecule has 4 heteroatoms. The van der Waals surface area contributed by atoms with Crippen molar-refractivity contribution < 1.29 is 13.9 Å². The zero-order chi connectivity index (χ0) is 13.8. The molecule has 0 aliphatic heterocycles. The van der Waals surface area contributed by atoms with Crippen LogP contribution in [0, 0.1) is 0 Å². The second kappa shape index (κ2) is 10.9. The highest BCUT2D eigenvalue weighted by molar-refractivity contribution is 6.34. The molecule has 0 aliphatic carbocycles. The summed E-state index contributed by atoms with van der Waals surface area (Å²) in [5.41, 5.74) is 3.41. The number of hydrogen-bond donors (Lipinski definition) is 0. The molecule has 1 rings (SSSR count). The van der Waals surface area contributed by atoms with Crippen LogP contribution in [0.25, 0.3) is 0 Å². The molecule has 0 amide bonds. The van der Waals surface area contributed by atoms with Gasteiger partial charge < -0.3 is 13.9 Å². The summed E-state index contributed by atoms with van der Waals surface area (Å²) in [5.74, 6) is 0. The molecule has 0 N–H and O–H groups in total. The molecule has 19 heavy (non-hydrogen) atoms. The number of ether oxygens (including phenoxy) is 2. The van der Waals surface area contributed by atoms with Gasteiger partial charge in [-0.05, 0) is 31.9 Å². The lowest BCUT2D eigenvalue weighted by molar-refractivity contribution is -0.103. The largest absolute Gasteiger partial charge is 0.419 e. The van der Waals surface area contributed by atoms with Gasteiger partial charge in [-0.1, -0.05) is 36.0 Å². The molecule has 0 radical (unpaired) electrons. The van der Waals surface area contributed by atoms with Gasteiger partial charge in [0.25, 0.3) is 0 Å². The molecule has 0 atom stereocenters. The number of rotatable bonds is 10. The molecule has 0 spiro atoms. The van der Waals surface area contributed by atoms with Gasteiger partial charge in [0, 0.05) is 19.8 Å². The van der Waals surface area contributed by atoms with Crippen LogP contribution in [0.2, 0.25) is 0 Å². The summed E-state index contributed by atoms with van der Waals surface area (Å²) in [5, 5.41) is 0. The van der Waals surface area contributed by atoms with E-state index >= 15 is 0 Å². The van der Waals surface area contributed by atoms with Crippen LogP contribution >= 0.6 is 0 Å². The van der Waals surface area contributed by atoms with Gasteiger partial charge in [0.1, 0.15) is 0 Å². The lowest BCUT2D eigenvalue weighted by Gasteiger charge is -2.12. The predicted molar refractivity (Wildman–Crippen MR) is 80.8 cm³/mol. The molecule has 1 aromatic carbocycles. The summed E-state index contributed by atoms with van der Waals surface area (Å²) in [6.45, 7) is 6.03. The smallest absolute Gasteiger partial charge is 0.184 e. The molecular weight excluding hydrogens is 256 g/mol. The Morgan fingerprint density at radius 3 is 2.42 bits per heavy atom. The highest BCUT2D eigenvalue weighted by Gasteiger charge is 2.01. The van der Waals surface area contributed by atoms with E-state index in [2.05, 4.69) is 30.0 Å². The van der Waals surface area contributed by atoms with Crippen LogP contribution in [0.1, 0.15) is 19.4 Å². The van der Waals surface area contributed by atoms with Crippen molar-refractivity contribution in [2.45, 2.75) is 26.6 Å². The Kier molecular flexibility index (Phi) is 9.27. The summed E-state index contributed by atoms with van der Waals surface area (Å²) in [4.78, 5) is 0. The number of benzene rings is 1. The van der Waals surface area contributed by atoms with Gasteiger partial charge in [-0.25, -0.2) is 0 Å². The first-order valence-electron chi connectivity index (χ1n) is 6.88. The summed E-state index contributed by atoms with van der Waals surface area (Å²) in [6.07, 6.45) is 2.71. The van der Waals surface area contributed by atoms with E-state index in [1.54, 1.807) is 0 Å². The fraction of sp³-hybridized carbons (Fsp3) is 0.467. The molecule has 0 unspecified atom stereocenters. The molecule has 106 valence electrons. The fourth-order valence-corrected chi connectivity index (χ4v) is 2.42. The van der Waals surface area contributed by atoms with Crippen molar-refractivity contribution in [1.29, 1.82) is 0 Å². The van der Waals surface area contributed by atoms with E-state index in [4.69, 9.17) is 13.9 Å². The van der Waals surface area contributed by atoms with Crippen LogP contribution in [-0.4, -0.2) is 35.9 Å². The van der Waals surface area contributed by atoms with Crippen molar-refractivity contribution in [2.24, 2.45) is 0 Å².